The average Bonchev–Trinajstić information content (AvgIpc) is 3.33. The van der Waals surface area contributed by atoms with Crippen molar-refractivity contribution in [3.63, 3.8) is 0 Å². The number of anilines is 3. The first-order valence-corrected chi connectivity index (χ1v) is 11.1. The maximum Gasteiger partial charge on any atom is 0.262 e. The van der Waals surface area contributed by atoms with Crippen molar-refractivity contribution in [2.24, 2.45) is 0 Å². The molecule has 0 amide bonds. The first-order chi connectivity index (χ1) is 16.2. The Morgan fingerprint density at radius 1 is 0.939 bits per heavy atom. The van der Waals surface area contributed by atoms with E-state index in [0.29, 0.717) is 39.3 Å². The topological polar surface area (TPSA) is 125 Å². The normalized spacial score (nSPS) is 11.0. The maximum atomic E-state index is 13.2. The van der Waals surface area contributed by atoms with Gasteiger partial charge in [0.05, 0.1) is 29.5 Å². The van der Waals surface area contributed by atoms with Gasteiger partial charge < -0.3 is 15.5 Å². The number of thioether (sulfide) groups is 1. The van der Waals surface area contributed by atoms with E-state index in [0.717, 1.165) is 5.69 Å². The number of furan rings is 1. The van der Waals surface area contributed by atoms with Gasteiger partial charge in [0.1, 0.15) is 11.6 Å². The van der Waals surface area contributed by atoms with Crippen LogP contribution in [0.5, 0.6) is 0 Å². The van der Waals surface area contributed by atoms with Gasteiger partial charge in [0, 0.05) is 5.69 Å². The first kappa shape index (κ1) is 20.7. The van der Waals surface area contributed by atoms with Crippen molar-refractivity contribution >= 4 is 40.2 Å². The zero-order valence-electron chi connectivity index (χ0n) is 17.4. The van der Waals surface area contributed by atoms with Crippen molar-refractivity contribution in [3.05, 3.63) is 94.9 Å². The summed E-state index contributed by atoms with van der Waals surface area (Å²) in [6.45, 7) is 0.270. The molecule has 0 unspecified atom stereocenters. The zero-order valence-corrected chi connectivity index (χ0v) is 18.2. The molecule has 0 fully saturated rings. The number of nitrogen functional groups attached to an aromatic ring is 1. The van der Waals surface area contributed by atoms with Gasteiger partial charge >= 0.3 is 0 Å². The van der Waals surface area contributed by atoms with E-state index in [1.54, 1.807) is 23.0 Å². The monoisotopic (exact) mass is 457 g/mol. The Kier molecular flexibility index (Phi) is 5.73. The van der Waals surface area contributed by atoms with Crippen molar-refractivity contribution in [1.82, 2.24) is 24.5 Å². The predicted octanol–water partition coefficient (Wildman–Crippen LogP) is 3.84. The van der Waals surface area contributed by atoms with Crippen LogP contribution in [0.1, 0.15) is 11.6 Å². The average molecular weight is 458 g/mol. The molecular weight excluding hydrogens is 438 g/mol. The molecule has 0 aliphatic carbocycles. The minimum Gasteiger partial charge on any atom is -0.467 e. The van der Waals surface area contributed by atoms with Gasteiger partial charge in [0.2, 0.25) is 11.9 Å². The zero-order chi connectivity index (χ0) is 22.6. The third-order valence-electron chi connectivity index (χ3n) is 4.78. The van der Waals surface area contributed by atoms with Gasteiger partial charge in [-0.15, -0.1) is 0 Å². The van der Waals surface area contributed by atoms with Crippen LogP contribution in [-0.2, 0) is 12.3 Å². The van der Waals surface area contributed by atoms with Crippen LogP contribution in [-0.4, -0.2) is 24.5 Å². The quantitative estimate of drug-likeness (QED) is 0.277. The summed E-state index contributed by atoms with van der Waals surface area (Å²) in [6, 6.07) is 20.4. The van der Waals surface area contributed by atoms with E-state index < -0.39 is 0 Å². The summed E-state index contributed by atoms with van der Waals surface area (Å²) in [4.78, 5) is 30.8. The van der Waals surface area contributed by atoms with E-state index in [1.807, 2.05) is 54.6 Å². The van der Waals surface area contributed by atoms with Crippen molar-refractivity contribution in [2.45, 2.75) is 17.5 Å². The highest BCUT2D eigenvalue weighted by Gasteiger charge is 2.14. The van der Waals surface area contributed by atoms with Gasteiger partial charge in [0.15, 0.2) is 5.16 Å². The standard InChI is InChI=1S/C23H19N7O2S/c24-21-27-19(28-22(29-21)25-15-7-2-1-3-8-15)14-33-23-26-18-11-5-4-10-17(18)20(31)30(23)13-16-9-6-12-32-16/h1-12H,13-14H2,(H3,24,25,27,28,29). The molecule has 0 bridgehead atoms. The molecule has 5 aromatic rings. The molecule has 33 heavy (non-hydrogen) atoms. The van der Waals surface area contributed by atoms with Crippen molar-refractivity contribution < 1.29 is 4.42 Å². The molecule has 164 valence electrons. The third-order valence-corrected chi connectivity index (χ3v) is 5.75. The molecule has 10 heteroatoms. The SMILES string of the molecule is Nc1nc(CSc2nc3ccccc3c(=O)n2Cc2ccco2)nc(Nc2ccccc2)n1. The van der Waals surface area contributed by atoms with Gasteiger partial charge in [-0.3, -0.25) is 9.36 Å². The van der Waals surface area contributed by atoms with Crippen LogP contribution in [0.2, 0.25) is 0 Å². The lowest BCUT2D eigenvalue weighted by molar-refractivity contribution is 0.476. The van der Waals surface area contributed by atoms with Crippen LogP contribution in [0.4, 0.5) is 17.6 Å². The fraction of sp³-hybridized carbons (Fsp3) is 0.0870. The van der Waals surface area contributed by atoms with Crippen LogP contribution < -0.4 is 16.6 Å². The van der Waals surface area contributed by atoms with Crippen LogP contribution in [0, 0.1) is 0 Å². The Hall–Kier alpha value is -4.18. The first-order valence-electron chi connectivity index (χ1n) is 10.1. The lowest BCUT2D eigenvalue weighted by Gasteiger charge is -2.12. The molecule has 0 aliphatic heterocycles. The fourth-order valence-electron chi connectivity index (χ4n) is 3.29. The highest BCUT2D eigenvalue weighted by molar-refractivity contribution is 7.98. The molecule has 3 heterocycles. The van der Waals surface area contributed by atoms with Crippen LogP contribution >= 0.6 is 11.8 Å². The summed E-state index contributed by atoms with van der Waals surface area (Å²) in [5, 5.41) is 4.21. The van der Waals surface area contributed by atoms with E-state index >= 15 is 0 Å². The lowest BCUT2D eigenvalue weighted by atomic mass is 10.2. The molecule has 5 rings (SSSR count). The number of para-hydroxylation sites is 2. The van der Waals surface area contributed by atoms with E-state index in [4.69, 9.17) is 15.1 Å². The van der Waals surface area contributed by atoms with Crippen molar-refractivity contribution in [1.29, 1.82) is 0 Å². The highest BCUT2D eigenvalue weighted by Crippen LogP contribution is 2.23. The molecule has 0 aliphatic rings. The van der Waals surface area contributed by atoms with E-state index in [9.17, 15) is 4.79 Å². The van der Waals surface area contributed by atoms with E-state index in [2.05, 4.69) is 20.3 Å². The van der Waals surface area contributed by atoms with Crippen molar-refractivity contribution in [2.75, 3.05) is 11.1 Å². The van der Waals surface area contributed by atoms with Gasteiger partial charge in [-0.25, -0.2) is 4.98 Å². The number of benzene rings is 2. The Labute approximate surface area is 192 Å². The van der Waals surface area contributed by atoms with Crippen LogP contribution in [0.15, 0.2) is 87.4 Å². The Balaban J connectivity index is 1.45. The Morgan fingerprint density at radius 2 is 1.76 bits per heavy atom. The number of aromatic nitrogens is 5. The number of rotatable bonds is 7. The summed E-state index contributed by atoms with van der Waals surface area (Å²) in [6.07, 6.45) is 1.58. The number of nitrogens with zero attached hydrogens (tertiary/aromatic N) is 5. The fourth-order valence-corrected chi connectivity index (χ4v) is 4.15. The van der Waals surface area contributed by atoms with Crippen LogP contribution in [0.3, 0.4) is 0 Å². The predicted molar refractivity (Wildman–Crippen MR) is 127 cm³/mol. The molecule has 0 spiro atoms. The number of nitrogens with two attached hydrogens (primary N) is 1. The molecule has 9 nitrogen and oxygen atoms in total. The van der Waals surface area contributed by atoms with Crippen LogP contribution in [0.25, 0.3) is 10.9 Å². The number of hydrogen-bond acceptors (Lipinski definition) is 9. The number of fused-ring (bicyclic) bond motifs is 1. The number of nitrogens with one attached hydrogen (secondary N) is 1. The smallest absolute Gasteiger partial charge is 0.262 e. The van der Waals surface area contributed by atoms with Gasteiger partial charge in [-0.2, -0.15) is 15.0 Å². The second-order valence-electron chi connectivity index (χ2n) is 7.10. The minimum atomic E-state index is -0.138. The maximum absolute atomic E-state index is 13.2. The summed E-state index contributed by atoms with van der Waals surface area (Å²) < 4.78 is 7.05. The Bertz CT molecular complexity index is 1450. The molecule has 0 saturated heterocycles. The summed E-state index contributed by atoms with van der Waals surface area (Å²) in [7, 11) is 0. The lowest BCUT2D eigenvalue weighted by Crippen LogP contribution is -2.23. The second-order valence-corrected chi connectivity index (χ2v) is 8.04. The molecule has 0 atom stereocenters. The van der Waals surface area contributed by atoms with E-state index in [-0.39, 0.29) is 18.1 Å². The van der Waals surface area contributed by atoms with Crippen molar-refractivity contribution in [3.8, 4) is 0 Å². The summed E-state index contributed by atoms with van der Waals surface area (Å²) in [5.41, 5.74) is 7.23. The third kappa shape index (κ3) is 4.70. The largest absolute Gasteiger partial charge is 0.467 e. The summed E-state index contributed by atoms with van der Waals surface area (Å²) in [5.74, 6) is 1.94. The second kappa shape index (κ2) is 9.13. The minimum absolute atomic E-state index is 0.110. The van der Waals surface area contributed by atoms with Gasteiger partial charge in [0.25, 0.3) is 5.56 Å². The van der Waals surface area contributed by atoms with E-state index in [1.165, 1.54) is 11.8 Å². The van der Waals surface area contributed by atoms with Gasteiger partial charge in [-0.1, -0.05) is 42.1 Å². The van der Waals surface area contributed by atoms with Gasteiger partial charge in [-0.05, 0) is 36.4 Å². The molecule has 3 N–H and O–H groups in total. The molecular formula is C23H19N7O2S. The Morgan fingerprint density at radius 3 is 2.58 bits per heavy atom. The molecule has 0 radical (unpaired) electrons. The highest BCUT2D eigenvalue weighted by atomic mass is 32.2. The molecule has 0 saturated carbocycles. The number of hydrogen-bond donors (Lipinski definition) is 2. The molecule has 3 aromatic heterocycles. The molecule has 2 aromatic carbocycles. The summed E-state index contributed by atoms with van der Waals surface area (Å²) >= 11 is 1.35.